The van der Waals surface area contributed by atoms with Gasteiger partial charge in [-0.2, -0.15) is 0 Å². The van der Waals surface area contributed by atoms with E-state index >= 15 is 0 Å². The van der Waals surface area contributed by atoms with Gasteiger partial charge in [0.1, 0.15) is 11.5 Å². The minimum Gasteiger partial charge on any atom is -0.506 e. The molecule has 11 heteroatoms. The molecule has 2 heterocycles. The van der Waals surface area contributed by atoms with Gasteiger partial charge in [0, 0.05) is 35.6 Å². The molecule has 206 valence electrons. The van der Waals surface area contributed by atoms with Gasteiger partial charge in [0.25, 0.3) is 0 Å². The van der Waals surface area contributed by atoms with Crippen LogP contribution < -0.4 is 20.3 Å². The summed E-state index contributed by atoms with van der Waals surface area (Å²) in [5, 5.41) is 16.9. The predicted molar refractivity (Wildman–Crippen MR) is 149 cm³/mol. The van der Waals surface area contributed by atoms with E-state index in [9.17, 15) is 23.1 Å². The fraction of sp³-hybridized carbons (Fsp3) is 0.172. The molecule has 4 aromatic rings. The number of amides is 2. The van der Waals surface area contributed by atoms with Crippen molar-refractivity contribution in [3.8, 4) is 22.6 Å². The Morgan fingerprint density at radius 1 is 1.02 bits per heavy atom. The number of hydrogen-bond donors (Lipinski definition) is 3. The van der Waals surface area contributed by atoms with Crippen molar-refractivity contribution in [2.45, 2.75) is 25.6 Å². The van der Waals surface area contributed by atoms with E-state index in [-0.39, 0.29) is 11.4 Å². The Bertz CT molecular complexity index is 1580. The summed E-state index contributed by atoms with van der Waals surface area (Å²) in [6.45, 7) is 4.63. The van der Waals surface area contributed by atoms with Gasteiger partial charge in [0.05, 0.1) is 22.1 Å². The number of urea groups is 1. The Balaban J connectivity index is 1.44. The van der Waals surface area contributed by atoms with Crippen LogP contribution in [-0.4, -0.2) is 29.0 Å². The van der Waals surface area contributed by atoms with Crippen molar-refractivity contribution >= 4 is 40.4 Å². The van der Waals surface area contributed by atoms with Gasteiger partial charge in [-0.15, -0.1) is 13.2 Å². The first-order valence-electron chi connectivity index (χ1n) is 12.2. The Morgan fingerprint density at radius 3 is 2.45 bits per heavy atom. The van der Waals surface area contributed by atoms with Crippen LogP contribution in [0.1, 0.15) is 19.4 Å². The Morgan fingerprint density at radius 2 is 1.75 bits per heavy atom. The highest BCUT2D eigenvalue weighted by Crippen LogP contribution is 2.54. The highest BCUT2D eigenvalue weighted by Gasteiger charge is 2.41. The molecule has 7 nitrogen and oxygen atoms in total. The molecule has 3 N–H and O–H groups in total. The van der Waals surface area contributed by atoms with Gasteiger partial charge in [-0.05, 0) is 59.7 Å². The number of anilines is 4. The van der Waals surface area contributed by atoms with E-state index in [1.807, 2.05) is 29.2 Å². The number of benzene rings is 3. The SMILES string of the molecule is CC1(C)CN(c2ccccc2NC(=O)Nc2ccc(OC(F)(F)F)cc2)c2c(O)ccc(-c3ccncc3Cl)c21. The van der Waals surface area contributed by atoms with Crippen LogP contribution >= 0.6 is 11.6 Å². The second-order valence-corrected chi connectivity index (χ2v) is 10.3. The van der Waals surface area contributed by atoms with E-state index in [4.69, 9.17) is 11.6 Å². The number of alkyl halides is 3. The summed E-state index contributed by atoms with van der Waals surface area (Å²) in [4.78, 5) is 18.9. The van der Waals surface area contributed by atoms with Crippen LogP contribution in [0, 0.1) is 0 Å². The van der Waals surface area contributed by atoms with E-state index in [0.717, 1.165) is 28.8 Å². The van der Waals surface area contributed by atoms with Crippen LogP contribution in [0.4, 0.5) is 40.7 Å². The van der Waals surface area contributed by atoms with E-state index < -0.39 is 23.6 Å². The van der Waals surface area contributed by atoms with Crippen LogP contribution in [0.15, 0.2) is 79.1 Å². The number of carbonyl (C=O) groups excluding carboxylic acids is 1. The summed E-state index contributed by atoms with van der Waals surface area (Å²) in [7, 11) is 0. The Kier molecular flexibility index (Phi) is 6.97. The molecule has 1 aliphatic rings. The molecule has 2 amide bonds. The fourth-order valence-corrected chi connectivity index (χ4v) is 5.18. The molecule has 0 radical (unpaired) electrons. The molecule has 0 unspecified atom stereocenters. The van der Waals surface area contributed by atoms with Gasteiger partial charge < -0.3 is 25.4 Å². The van der Waals surface area contributed by atoms with Gasteiger partial charge in [0.15, 0.2) is 0 Å². The maximum Gasteiger partial charge on any atom is 0.573 e. The van der Waals surface area contributed by atoms with Crippen LogP contribution in [0.5, 0.6) is 11.5 Å². The number of pyridine rings is 1. The summed E-state index contributed by atoms with van der Waals surface area (Å²) >= 11 is 6.48. The molecule has 3 aromatic carbocycles. The molecule has 1 aromatic heterocycles. The van der Waals surface area contributed by atoms with Crippen molar-refractivity contribution in [2.75, 3.05) is 22.1 Å². The number of nitrogens with one attached hydrogen (secondary N) is 2. The predicted octanol–water partition coefficient (Wildman–Crippen LogP) is 8.08. The summed E-state index contributed by atoms with van der Waals surface area (Å²) in [5.41, 5.74) is 4.14. The maximum absolute atomic E-state index is 12.9. The first-order chi connectivity index (χ1) is 18.9. The number of aromatic hydroxyl groups is 1. The van der Waals surface area contributed by atoms with Crippen molar-refractivity contribution in [1.29, 1.82) is 0 Å². The van der Waals surface area contributed by atoms with Crippen molar-refractivity contribution < 1.29 is 27.8 Å². The lowest BCUT2D eigenvalue weighted by Gasteiger charge is -2.25. The van der Waals surface area contributed by atoms with E-state index in [1.165, 1.54) is 12.1 Å². The molecule has 0 fully saturated rings. The number of fused-ring (bicyclic) bond motifs is 1. The molecular weight excluding hydrogens is 545 g/mol. The van der Waals surface area contributed by atoms with Crippen LogP contribution in [0.3, 0.4) is 0 Å². The van der Waals surface area contributed by atoms with Crippen LogP contribution in [-0.2, 0) is 5.41 Å². The first-order valence-corrected chi connectivity index (χ1v) is 12.6. The zero-order chi connectivity index (χ0) is 28.7. The second kappa shape index (κ2) is 10.3. The van der Waals surface area contributed by atoms with Crippen molar-refractivity contribution in [3.63, 3.8) is 0 Å². The number of carbonyl (C=O) groups is 1. The summed E-state index contributed by atoms with van der Waals surface area (Å²) in [5.74, 6) is -0.318. The monoisotopic (exact) mass is 568 g/mol. The number of rotatable bonds is 5. The van der Waals surface area contributed by atoms with Gasteiger partial charge in [-0.1, -0.05) is 43.6 Å². The number of halogens is 4. The largest absolute Gasteiger partial charge is 0.573 e. The lowest BCUT2D eigenvalue weighted by atomic mass is 9.82. The number of ether oxygens (including phenoxy) is 1. The highest BCUT2D eigenvalue weighted by atomic mass is 35.5. The fourth-order valence-electron chi connectivity index (χ4n) is 4.95. The number of aromatic nitrogens is 1. The molecule has 0 atom stereocenters. The van der Waals surface area contributed by atoms with Gasteiger partial charge >= 0.3 is 12.4 Å². The number of phenols is 1. The molecule has 0 bridgehead atoms. The minimum atomic E-state index is -4.81. The molecule has 40 heavy (non-hydrogen) atoms. The highest BCUT2D eigenvalue weighted by molar-refractivity contribution is 6.33. The first kappa shape index (κ1) is 27.1. The average molecular weight is 569 g/mol. The zero-order valence-corrected chi connectivity index (χ0v) is 22.1. The quantitative estimate of drug-likeness (QED) is 0.226. The van der Waals surface area contributed by atoms with Crippen LogP contribution in [0.25, 0.3) is 11.1 Å². The molecule has 5 rings (SSSR count). The van der Waals surface area contributed by atoms with Gasteiger partial charge in [-0.3, -0.25) is 4.98 Å². The summed E-state index contributed by atoms with van der Waals surface area (Å²) < 4.78 is 41.1. The number of phenolic OH excluding ortho intramolecular Hbond substituents is 1. The topological polar surface area (TPSA) is 86.7 Å². The normalized spacial score (nSPS) is 14.0. The lowest BCUT2D eigenvalue weighted by Crippen LogP contribution is -2.27. The molecule has 0 aliphatic carbocycles. The van der Waals surface area contributed by atoms with Crippen molar-refractivity contribution in [2.24, 2.45) is 0 Å². The number of hydrogen-bond acceptors (Lipinski definition) is 5. The summed E-state index contributed by atoms with van der Waals surface area (Å²) in [6.07, 6.45) is -1.57. The molecule has 0 spiro atoms. The molecular formula is C29H24ClF3N4O3. The lowest BCUT2D eigenvalue weighted by molar-refractivity contribution is -0.274. The average Bonchev–Trinajstić information content (AvgIpc) is 3.17. The number of para-hydroxylation sites is 2. The van der Waals surface area contributed by atoms with Crippen molar-refractivity contribution in [3.05, 3.63) is 89.7 Å². The standard InChI is InChI=1S/C29H24ClF3N4O3/c1-28(2)16-37(26-24(38)12-11-20(25(26)28)19-13-14-34-15-21(19)30)23-6-4-3-5-22(23)36-27(39)35-17-7-9-18(10-8-17)40-29(31,32)33/h3-15,38H,16H2,1-2H3,(H2,35,36,39). The van der Waals surface area contributed by atoms with Gasteiger partial charge in [0.2, 0.25) is 0 Å². The van der Waals surface area contributed by atoms with E-state index in [2.05, 4.69) is 34.2 Å². The van der Waals surface area contributed by atoms with Gasteiger partial charge in [-0.25, -0.2) is 4.79 Å². The molecule has 0 saturated heterocycles. The third kappa shape index (κ3) is 5.48. The third-order valence-electron chi connectivity index (χ3n) is 6.51. The smallest absolute Gasteiger partial charge is 0.506 e. The van der Waals surface area contributed by atoms with Crippen molar-refractivity contribution in [1.82, 2.24) is 4.98 Å². The minimum absolute atomic E-state index is 0.0786. The van der Waals surface area contributed by atoms with Crippen LogP contribution in [0.2, 0.25) is 5.02 Å². The summed E-state index contributed by atoms with van der Waals surface area (Å²) in [6, 6.07) is 16.6. The van der Waals surface area contributed by atoms with E-state index in [0.29, 0.717) is 28.6 Å². The maximum atomic E-state index is 12.9. The molecule has 1 aliphatic heterocycles. The number of nitrogens with zero attached hydrogens (tertiary/aromatic N) is 2. The molecule has 0 saturated carbocycles. The second-order valence-electron chi connectivity index (χ2n) is 9.85. The third-order valence-corrected chi connectivity index (χ3v) is 6.81. The zero-order valence-electron chi connectivity index (χ0n) is 21.4. The Hall–Kier alpha value is -4.44. The Labute approximate surface area is 233 Å². The van der Waals surface area contributed by atoms with E-state index in [1.54, 1.807) is 30.6 Å².